The molecule has 0 spiro atoms. The van der Waals surface area contributed by atoms with Gasteiger partial charge in [-0.1, -0.05) is 6.92 Å². The highest BCUT2D eigenvalue weighted by Crippen LogP contribution is 2.38. The van der Waals surface area contributed by atoms with Gasteiger partial charge in [0.1, 0.15) is 11.5 Å². The molecule has 2 aromatic carbocycles. The van der Waals surface area contributed by atoms with E-state index in [9.17, 15) is 14.7 Å². The summed E-state index contributed by atoms with van der Waals surface area (Å²) >= 11 is 0. The number of primary amides is 1. The SMILES string of the molecule is CCOc1cc(OCC(N)=O)c(C(C)(Nc2ccc(C#N)cc2)C(=O)O)cc1CC. The number of carbonyl (C=O) groups is 2. The summed E-state index contributed by atoms with van der Waals surface area (Å²) < 4.78 is 11.2. The van der Waals surface area contributed by atoms with Crippen LogP contribution >= 0.6 is 0 Å². The summed E-state index contributed by atoms with van der Waals surface area (Å²) in [5.41, 5.74) is 5.69. The van der Waals surface area contributed by atoms with Gasteiger partial charge in [0, 0.05) is 17.3 Å². The summed E-state index contributed by atoms with van der Waals surface area (Å²) in [6.45, 7) is 5.28. The smallest absolute Gasteiger partial charge is 0.333 e. The lowest BCUT2D eigenvalue weighted by Crippen LogP contribution is -2.41. The van der Waals surface area contributed by atoms with Crippen molar-refractivity contribution in [3.05, 3.63) is 53.1 Å². The molecular formula is C22H25N3O5. The van der Waals surface area contributed by atoms with Gasteiger partial charge < -0.3 is 25.6 Å². The molecule has 0 saturated heterocycles. The van der Waals surface area contributed by atoms with E-state index in [4.69, 9.17) is 20.5 Å². The maximum atomic E-state index is 12.4. The number of anilines is 1. The van der Waals surface area contributed by atoms with Crippen LogP contribution in [-0.4, -0.2) is 30.2 Å². The highest BCUT2D eigenvalue weighted by atomic mass is 16.5. The molecule has 0 aliphatic heterocycles. The van der Waals surface area contributed by atoms with Crippen molar-refractivity contribution in [3.8, 4) is 17.6 Å². The number of hydrogen-bond donors (Lipinski definition) is 3. The molecule has 158 valence electrons. The third-order valence-corrected chi connectivity index (χ3v) is 4.59. The van der Waals surface area contributed by atoms with Crippen LogP contribution in [0.2, 0.25) is 0 Å². The fourth-order valence-electron chi connectivity index (χ4n) is 2.98. The van der Waals surface area contributed by atoms with Crippen molar-refractivity contribution in [3.63, 3.8) is 0 Å². The van der Waals surface area contributed by atoms with Crippen molar-refractivity contribution in [2.75, 3.05) is 18.5 Å². The van der Waals surface area contributed by atoms with E-state index >= 15 is 0 Å². The second-order valence-corrected chi connectivity index (χ2v) is 6.74. The number of hydrogen-bond acceptors (Lipinski definition) is 6. The molecular weight excluding hydrogens is 386 g/mol. The second kappa shape index (κ2) is 9.65. The Morgan fingerprint density at radius 3 is 2.33 bits per heavy atom. The van der Waals surface area contributed by atoms with E-state index in [1.54, 1.807) is 36.4 Å². The standard InChI is InChI=1S/C22H25N3O5/c1-4-15-10-17(19(30-13-20(24)26)11-18(15)29-5-2)22(3,21(27)28)25-16-8-6-14(12-23)7-9-16/h6-11,25H,4-5,13H2,1-3H3,(H2,24,26)(H,27,28). The number of nitrogens with two attached hydrogens (primary N) is 1. The Morgan fingerprint density at radius 2 is 1.83 bits per heavy atom. The fourth-order valence-corrected chi connectivity index (χ4v) is 2.98. The average molecular weight is 411 g/mol. The van der Waals surface area contributed by atoms with Crippen LogP contribution in [0.15, 0.2) is 36.4 Å². The van der Waals surface area contributed by atoms with E-state index in [-0.39, 0.29) is 5.75 Å². The maximum Gasteiger partial charge on any atom is 0.333 e. The zero-order chi connectivity index (χ0) is 22.3. The molecule has 2 aromatic rings. The molecule has 1 amide bonds. The van der Waals surface area contributed by atoms with E-state index in [2.05, 4.69) is 5.32 Å². The molecule has 0 saturated carbocycles. The second-order valence-electron chi connectivity index (χ2n) is 6.74. The molecule has 8 nitrogen and oxygen atoms in total. The number of carbonyl (C=O) groups excluding carboxylic acids is 1. The van der Waals surface area contributed by atoms with Crippen LogP contribution in [0.5, 0.6) is 11.5 Å². The topological polar surface area (TPSA) is 135 Å². The monoisotopic (exact) mass is 411 g/mol. The van der Waals surface area contributed by atoms with Gasteiger partial charge >= 0.3 is 5.97 Å². The fraction of sp³-hybridized carbons (Fsp3) is 0.318. The highest BCUT2D eigenvalue weighted by Gasteiger charge is 2.39. The molecule has 0 aliphatic rings. The molecule has 0 aromatic heterocycles. The molecule has 0 fully saturated rings. The summed E-state index contributed by atoms with van der Waals surface area (Å²) in [6.07, 6.45) is 0.602. The predicted octanol–water partition coefficient (Wildman–Crippen LogP) is 2.80. The van der Waals surface area contributed by atoms with Crippen molar-refractivity contribution in [1.29, 1.82) is 5.26 Å². The lowest BCUT2D eigenvalue weighted by Gasteiger charge is -2.30. The van der Waals surface area contributed by atoms with Crippen LogP contribution in [0.4, 0.5) is 5.69 Å². The lowest BCUT2D eigenvalue weighted by molar-refractivity contribution is -0.142. The minimum atomic E-state index is -1.60. The molecule has 8 heteroatoms. The van der Waals surface area contributed by atoms with Gasteiger partial charge in [0.05, 0.1) is 18.2 Å². The number of benzene rings is 2. The highest BCUT2D eigenvalue weighted by molar-refractivity contribution is 5.86. The first-order chi connectivity index (χ1) is 14.2. The third-order valence-electron chi connectivity index (χ3n) is 4.59. The first-order valence-electron chi connectivity index (χ1n) is 9.48. The van der Waals surface area contributed by atoms with Gasteiger partial charge in [-0.3, -0.25) is 4.79 Å². The van der Waals surface area contributed by atoms with Crippen molar-refractivity contribution in [2.24, 2.45) is 5.73 Å². The molecule has 30 heavy (non-hydrogen) atoms. The molecule has 1 unspecified atom stereocenters. The van der Waals surface area contributed by atoms with Gasteiger partial charge in [-0.2, -0.15) is 5.26 Å². The Balaban J connectivity index is 2.60. The van der Waals surface area contributed by atoms with Crippen LogP contribution in [0.1, 0.15) is 37.5 Å². The van der Waals surface area contributed by atoms with Crippen molar-refractivity contribution < 1.29 is 24.2 Å². The normalized spacial score (nSPS) is 12.3. The summed E-state index contributed by atoms with van der Waals surface area (Å²) in [6, 6.07) is 11.7. The van der Waals surface area contributed by atoms with Crippen molar-refractivity contribution in [1.82, 2.24) is 0 Å². The van der Waals surface area contributed by atoms with Gasteiger partial charge in [0.15, 0.2) is 12.1 Å². The predicted molar refractivity (Wildman–Crippen MR) is 111 cm³/mol. The summed E-state index contributed by atoms with van der Waals surface area (Å²) in [7, 11) is 0. The number of rotatable bonds is 10. The molecule has 0 heterocycles. The number of amides is 1. The molecule has 2 rings (SSSR count). The Labute approximate surface area is 175 Å². The van der Waals surface area contributed by atoms with Crippen molar-refractivity contribution in [2.45, 2.75) is 32.7 Å². The Bertz CT molecular complexity index is 966. The first kappa shape index (κ1) is 22.6. The van der Waals surface area contributed by atoms with Crippen LogP contribution in [0, 0.1) is 11.3 Å². The number of aryl methyl sites for hydroxylation is 1. The van der Waals surface area contributed by atoms with Crippen molar-refractivity contribution >= 4 is 17.6 Å². The number of aliphatic carboxylic acids is 1. The van der Waals surface area contributed by atoms with Gasteiger partial charge in [-0.25, -0.2) is 4.79 Å². The number of ether oxygens (including phenoxy) is 2. The van der Waals surface area contributed by atoms with Gasteiger partial charge in [-0.05, 0) is 56.2 Å². The minimum Gasteiger partial charge on any atom is -0.493 e. The largest absolute Gasteiger partial charge is 0.493 e. The third kappa shape index (κ3) is 5.00. The average Bonchev–Trinajstić information content (AvgIpc) is 2.72. The van der Waals surface area contributed by atoms with Gasteiger partial charge in [0.2, 0.25) is 0 Å². The van der Waals surface area contributed by atoms with Crippen LogP contribution in [-0.2, 0) is 21.5 Å². The Hall–Kier alpha value is -3.73. The molecule has 0 aliphatic carbocycles. The Morgan fingerprint density at radius 1 is 1.17 bits per heavy atom. The van der Waals surface area contributed by atoms with Gasteiger partial charge in [-0.15, -0.1) is 0 Å². The quantitative estimate of drug-likeness (QED) is 0.547. The molecule has 0 radical (unpaired) electrons. The minimum absolute atomic E-state index is 0.181. The summed E-state index contributed by atoms with van der Waals surface area (Å²) in [5, 5.41) is 22.1. The van der Waals surface area contributed by atoms with E-state index in [1.807, 2.05) is 19.9 Å². The number of nitriles is 1. The summed E-state index contributed by atoms with van der Waals surface area (Å²) in [4.78, 5) is 23.6. The van der Waals surface area contributed by atoms with E-state index in [0.717, 1.165) is 5.56 Å². The summed E-state index contributed by atoms with van der Waals surface area (Å²) in [5.74, 6) is -1.10. The first-order valence-corrected chi connectivity index (χ1v) is 9.48. The maximum absolute atomic E-state index is 12.4. The zero-order valence-corrected chi connectivity index (χ0v) is 17.2. The van der Waals surface area contributed by atoms with E-state index in [1.165, 1.54) is 6.92 Å². The number of carboxylic acids is 1. The van der Waals surface area contributed by atoms with E-state index in [0.29, 0.717) is 35.6 Å². The molecule has 0 bridgehead atoms. The Kier molecular flexibility index (Phi) is 7.26. The van der Waals surface area contributed by atoms with Gasteiger partial charge in [0.25, 0.3) is 5.91 Å². The van der Waals surface area contributed by atoms with E-state index < -0.39 is 24.0 Å². The number of nitrogens with zero attached hydrogens (tertiary/aromatic N) is 1. The lowest BCUT2D eigenvalue weighted by atomic mass is 9.88. The van der Waals surface area contributed by atoms with Crippen LogP contribution in [0.3, 0.4) is 0 Å². The number of nitrogens with one attached hydrogen (secondary N) is 1. The number of carboxylic acid groups (broad SMARTS) is 1. The molecule has 4 N–H and O–H groups in total. The van der Waals surface area contributed by atoms with Crippen LogP contribution < -0.4 is 20.5 Å². The zero-order valence-electron chi connectivity index (χ0n) is 17.2. The molecule has 1 atom stereocenters. The van der Waals surface area contributed by atoms with Crippen LogP contribution in [0.25, 0.3) is 0 Å².